The fraction of sp³-hybridized carbons (Fsp3) is 0.0588. The van der Waals surface area contributed by atoms with E-state index in [2.05, 4.69) is 25.6 Å². The molecule has 0 radical (unpaired) electrons. The molecular formula is C17H14N6O2. The minimum absolute atomic E-state index is 0.0613. The minimum atomic E-state index is -0.321. The van der Waals surface area contributed by atoms with Gasteiger partial charge in [-0.2, -0.15) is 5.10 Å². The number of ketones is 1. The summed E-state index contributed by atoms with van der Waals surface area (Å²) >= 11 is 0. The molecule has 0 atom stereocenters. The molecule has 0 unspecified atom stereocenters. The second-order valence-corrected chi connectivity index (χ2v) is 5.24. The molecule has 0 aliphatic heterocycles. The summed E-state index contributed by atoms with van der Waals surface area (Å²) in [5, 5.41) is 14.2. The van der Waals surface area contributed by atoms with E-state index in [9.17, 15) is 4.79 Å². The predicted molar refractivity (Wildman–Crippen MR) is 91.3 cm³/mol. The number of nitrogens with zero attached hydrogens (tertiary/aromatic N) is 4. The summed E-state index contributed by atoms with van der Waals surface area (Å²) in [6.45, 7) is 0. The van der Waals surface area contributed by atoms with Gasteiger partial charge in [0.25, 0.3) is 0 Å². The van der Waals surface area contributed by atoms with Crippen LogP contribution < -0.4 is 10.1 Å². The van der Waals surface area contributed by atoms with Crippen molar-refractivity contribution in [2.24, 2.45) is 0 Å². The molecule has 25 heavy (non-hydrogen) atoms. The number of nitrogens with one attached hydrogen (secondary N) is 2. The van der Waals surface area contributed by atoms with Gasteiger partial charge in [0.05, 0.1) is 12.7 Å². The quantitative estimate of drug-likeness (QED) is 0.544. The van der Waals surface area contributed by atoms with Gasteiger partial charge in [0.1, 0.15) is 11.3 Å². The third-order valence-electron chi connectivity index (χ3n) is 3.69. The Morgan fingerprint density at radius 2 is 2.08 bits per heavy atom. The lowest BCUT2D eigenvalue weighted by Crippen LogP contribution is -2.13. The van der Waals surface area contributed by atoms with Gasteiger partial charge in [-0.3, -0.25) is 9.89 Å². The van der Waals surface area contributed by atoms with Crippen molar-refractivity contribution in [2.75, 3.05) is 12.4 Å². The van der Waals surface area contributed by atoms with Crippen molar-refractivity contribution in [1.82, 2.24) is 24.8 Å². The largest absolute Gasteiger partial charge is 0.496 e. The lowest BCUT2D eigenvalue weighted by molar-refractivity contribution is 0.102. The number of benzene rings is 1. The smallest absolute Gasteiger partial charge is 0.235 e. The van der Waals surface area contributed by atoms with Crippen LogP contribution >= 0.6 is 0 Å². The van der Waals surface area contributed by atoms with Crippen molar-refractivity contribution in [3.05, 3.63) is 66.2 Å². The summed E-state index contributed by atoms with van der Waals surface area (Å²) in [6.07, 6.45) is 3.45. The SMILES string of the molecule is COc1ccccc1C(=O)c1nc(Nc2cc[nH]n2)c2cccn2n1. The Morgan fingerprint density at radius 3 is 2.88 bits per heavy atom. The molecule has 0 spiro atoms. The van der Waals surface area contributed by atoms with Gasteiger partial charge in [-0.15, -0.1) is 5.10 Å². The highest BCUT2D eigenvalue weighted by atomic mass is 16.5. The number of rotatable bonds is 5. The fourth-order valence-corrected chi connectivity index (χ4v) is 2.53. The Labute approximate surface area is 142 Å². The molecular weight excluding hydrogens is 320 g/mol. The maximum atomic E-state index is 12.9. The minimum Gasteiger partial charge on any atom is -0.496 e. The van der Waals surface area contributed by atoms with Crippen LogP contribution in [-0.4, -0.2) is 37.7 Å². The summed E-state index contributed by atoms with van der Waals surface area (Å²) in [5.41, 5.74) is 1.14. The molecule has 4 rings (SSSR count). The second kappa shape index (κ2) is 6.08. The summed E-state index contributed by atoms with van der Waals surface area (Å²) in [7, 11) is 1.52. The Balaban J connectivity index is 1.81. The number of ether oxygens (including phenoxy) is 1. The third-order valence-corrected chi connectivity index (χ3v) is 3.69. The number of methoxy groups -OCH3 is 1. The number of carbonyl (C=O) groups excluding carboxylic acids is 1. The summed E-state index contributed by atoms with van der Waals surface area (Å²) < 4.78 is 6.86. The maximum absolute atomic E-state index is 12.9. The summed E-state index contributed by atoms with van der Waals surface area (Å²) in [4.78, 5) is 17.3. The molecule has 4 aromatic rings. The average Bonchev–Trinajstić information content (AvgIpc) is 3.32. The normalized spacial score (nSPS) is 10.8. The van der Waals surface area contributed by atoms with Crippen LogP contribution in [0, 0.1) is 0 Å². The molecule has 3 aromatic heterocycles. The molecule has 8 nitrogen and oxygen atoms in total. The van der Waals surface area contributed by atoms with E-state index < -0.39 is 0 Å². The standard InChI is InChI=1S/C17H14N6O2/c1-25-13-7-3-2-5-11(13)15(24)17-20-16(19-14-8-9-18-21-14)12-6-4-10-23(12)22-17/h2-10H,1H3,(H2,18,19,20,21,22). The Bertz CT molecular complexity index is 1040. The van der Waals surface area contributed by atoms with E-state index in [-0.39, 0.29) is 11.6 Å². The number of H-pyrrole nitrogens is 1. The average molecular weight is 334 g/mol. The first kappa shape index (κ1) is 14.9. The number of carbonyl (C=O) groups is 1. The van der Waals surface area contributed by atoms with Gasteiger partial charge >= 0.3 is 0 Å². The number of para-hydroxylation sites is 1. The number of fused-ring (bicyclic) bond motifs is 1. The first-order chi connectivity index (χ1) is 12.3. The highest BCUT2D eigenvalue weighted by Gasteiger charge is 2.19. The zero-order chi connectivity index (χ0) is 17.2. The van der Waals surface area contributed by atoms with Crippen molar-refractivity contribution in [3.8, 4) is 5.75 Å². The second-order valence-electron chi connectivity index (χ2n) is 5.24. The van der Waals surface area contributed by atoms with Crippen molar-refractivity contribution in [3.63, 3.8) is 0 Å². The van der Waals surface area contributed by atoms with E-state index in [1.807, 2.05) is 12.1 Å². The Morgan fingerprint density at radius 1 is 1.20 bits per heavy atom. The lowest BCUT2D eigenvalue weighted by Gasteiger charge is -2.09. The van der Waals surface area contributed by atoms with Crippen LogP contribution in [0.4, 0.5) is 11.6 Å². The van der Waals surface area contributed by atoms with Crippen LogP contribution in [0.15, 0.2) is 54.9 Å². The third kappa shape index (κ3) is 2.69. The van der Waals surface area contributed by atoms with E-state index in [1.54, 1.807) is 47.2 Å². The van der Waals surface area contributed by atoms with Crippen LogP contribution in [0.1, 0.15) is 16.2 Å². The molecule has 0 saturated carbocycles. The van der Waals surface area contributed by atoms with Gasteiger partial charge in [-0.05, 0) is 24.3 Å². The number of hydrogen-bond donors (Lipinski definition) is 2. The molecule has 3 heterocycles. The van der Waals surface area contributed by atoms with Crippen LogP contribution in [0.5, 0.6) is 5.75 Å². The first-order valence-corrected chi connectivity index (χ1v) is 7.56. The van der Waals surface area contributed by atoms with Crippen molar-refractivity contribution in [2.45, 2.75) is 0 Å². The van der Waals surface area contributed by atoms with E-state index in [1.165, 1.54) is 7.11 Å². The molecule has 0 aliphatic rings. The molecule has 0 saturated heterocycles. The molecule has 2 N–H and O–H groups in total. The van der Waals surface area contributed by atoms with Crippen LogP contribution in [0.25, 0.3) is 5.52 Å². The molecule has 0 aliphatic carbocycles. The van der Waals surface area contributed by atoms with Gasteiger partial charge in [-0.25, -0.2) is 9.50 Å². The molecule has 0 bridgehead atoms. The Hall–Kier alpha value is -3.68. The van der Waals surface area contributed by atoms with Crippen molar-refractivity contribution < 1.29 is 9.53 Å². The highest BCUT2D eigenvalue weighted by Crippen LogP contribution is 2.23. The van der Waals surface area contributed by atoms with Gasteiger partial charge in [0.15, 0.2) is 11.6 Å². The number of hydrogen-bond acceptors (Lipinski definition) is 6. The van der Waals surface area contributed by atoms with Crippen molar-refractivity contribution >= 4 is 22.9 Å². The number of aromatic nitrogens is 5. The molecule has 0 fully saturated rings. The van der Waals surface area contributed by atoms with Gasteiger partial charge in [0.2, 0.25) is 11.6 Å². The van der Waals surface area contributed by atoms with Gasteiger partial charge < -0.3 is 10.1 Å². The molecule has 124 valence electrons. The lowest BCUT2D eigenvalue weighted by atomic mass is 10.1. The van der Waals surface area contributed by atoms with Gasteiger partial charge in [0, 0.05) is 18.5 Å². The van der Waals surface area contributed by atoms with Gasteiger partial charge in [-0.1, -0.05) is 12.1 Å². The van der Waals surface area contributed by atoms with E-state index in [0.717, 1.165) is 5.52 Å². The monoisotopic (exact) mass is 334 g/mol. The molecule has 1 aromatic carbocycles. The highest BCUT2D eigenvalue weighted by molar-refractivity contribution is 6.08. The maximum Gasteiger partial charge on any atom is 0.235 e. The van der Waals surface area contributed by atoms with E-state index >= 15 is 0 Å². The fourth-order valence-electron chi connectivity index (χ4n) is 2.53. The summed E-state index contributed by atoms with van der Waals surface area (Å²) in [6, 6.07) is 12.4. The zero-order valence-electron chi connectivity index (χ0n) is 13.3. The first-order valence-electron chi connectivity index (χ1n) is 7.56. The van der Waals surface area contributed by atoms with Crippen molar-refractivity contribution in [1.29, 1.82) is 0 Å². The number of anilines is 2. The molecule has 0 amide bonds. The van der Waals surface area contributed by atoms with Crippen LogP contribution in [-0.2, 0) is 0 Å². The van der Waals surface area contributed by atoms with Crippen LogP contribution in [0.2, 0.25) is 0 Å². The van der Waals surface area contributed by atoms with Crippen LogP contribution in [0.3, 0.4) is 0 Å². The predicted octanol–water partition coefficient (Wildman–Crippen LogP) is 2.44. The number of aromatic amines is 1. The topological polar surface area (TPSA) is 97.2 Å². The Kier molecular flexibility index (Phi) is 3.62. The van der Waals surface area contributed by atoms with E-state index in [4.69, 9.17) is 4.74 Å². The summed E-state index contributed by atoms with van der Waals surface area (Å²) in [5.74, 6) is 1.30. The van der Waals surface area contributed by atoms with E-state index in [0.29, 0.717) is 22.9 Å². The molecule has 8 heteroatoms. The zero-order valence-corrected chi connectivity index (χ0v) is 13.3.